The van der Waals surface area contributed by atoms with Crippen molar-refractivity contribution in [1.82, 2.24) is 9.38 Å². The number of thiazole rings is 1. The Morgan fingerprint density at radius 3 is 3.14 bits per heavy atom. The van der Waals surface area contributed by atoms with Crippen LogP contribution in [0.1, 0.15) is 12.1 Å². The molecule has 112 valence electrons. The first-order chi connectivity index (χ1) is 10.8. The van der Waals surface area contributed by atoms with Crippen LogP contribution in [0.2, 0.25) is 0 Å². The van der Waals surface area contributed by atoms with Crippen molar-refractivity contribution in [1.29, 1.82) is 0 Å². The van der Waals surface area contributed by atoms with Crippen LogP contribution in [0.15, 0.2) is 46.9 Å². The molecule has 3 heterocycles. The predicted octanol–water partition coefficient (Wildman–Crippen LogP) is 3.47. The van der Waals surface area contributed by atoms with Gasteiger partial charge in [0.2, 0.25) is 5.91 Å². The van der Waals surface area contributed by atoms with Gasteiger partial charge in [-0.2, -0.15) is 0 Å². The van der Waals surface area contributed by atoms with Gasteiger partial charge in [0.15, 0.2) is 4.96 Å². The molecule has 0 bridgehead atoms. The van der Waals surface area contributed by atoms with Crippen LogP contribution in [-0.2, 0) is 11.2 Å². The highest BCUT2D eigenvalue weighted by Gasteiger charge is 2.22. The van der Waals surface area contributed by atoms with Crippen LogP contribution >= 0.6 is 23.1 Å². The molecule has 4 nitrogen and oxygen atoms in total. The molecule has 1 aliphatic heterocycles. The zero-order valence-electron chi connectivity index (χ0n) is 11.9. The summed E-state index contributed by atoms with van der Waals surface area (Å²) < 4.78 is 1.97. The molecule has 0 unspecified atom stereocenters. The molecule has 0 saturated heterocycles. The van der Waals surface area contributed by atoms with E-state index < -0.39 is 0 Å². The van der Waals surface area contributed by atoms with Crippen molar-refractivity contribution >= 4 is 39.7 Å². The maximum absolute atomic E-state index is 12.8. The molecule has 1 aliphatic rings. The molecule has 0 spiro atoms. The molecule has 0 fully saturated rings. The average molecular weight is 329 g/mol. The molecule has 0 atom stereocenters. The first kappa shape index (κ1) is 13.8. The van der Waals surface area contributed by atoms with Gasteiger partial charge in [-0.15, -0.1) is 23.1 Å². The predicted molar refractivity (Wildman–Crippen MR) is 90.9 cm³/mol. The molecule has 4 rings (SSSR count). The fraction of sp³-hybridized carbons (Fsp3) is 0.250. The van der Waals surface area contributed by atoms with Gasteiger partial charge >= 0.3 is 0 Å². The molecule has 1 amide bonds. The number of hydrogen-bond donors (Lipinski definition) is 0. The summed E-state index contributed by atoms with van der Waals surface area (Å²) in [4.78, 5) is 21.3. The number of para-hydroxylation sites is 1. The van der Waals surface area contributed by atoms with Crippen molar-refractivity contribution < 1.29 is 4.79 Å². The molecular weight excluding hydrogens is 314 g/mol. The van der Waals surface area contributed by atoms with Crippen LogP contribution in [0, 0.1) is 0 Å². The van der Waals surface area contributed by atoms with E-state index in [-0.39, 0.29) is 5.91 Å². The van der Waals surface area contributed by atoms with Crippen molar-refractivity contribution in [3.8, 4) is 0 Å². The number of fused-ring (bicyclic) bond motifs is 2. The standard InChI is InChI=1S/C16H15N3OS2/c20-15(10-12-11-18-7-9-22-16(18)17-12)19-6-3-8-21-14-5-2-1-4-13(14)19/h1-2,4-5,7,9,11H,3,6,8,10H2. The third kappa shape index (κ3) is 2.53. The molecule has 0 aliphatic carbocycles. The monoisotopic (exact) mass is 329 g/mol. The fourth-order valence-electron chi connectivity index (χ4n) is 2.70. The summed E-state index contributed by atoms with van der Waals surface area (Å²) in [5.74, 6) is 1.18. The number of amides is 1. The summed E-state index contributed by atoms with van der Waals surface area (Å²) in [6.45, 7) is 0.783. The number of benzene rings is 1. The minimum Gasteiger partial charge on any atom is -0.311 e. The van der Waals surface area contributed by atoms with Gasteiger partial charge in [-0.3, -0.25) is 9.20 Å². The molecule has 0 radical (unpaired) electrons. The number of nitrogens with zero attached hydrogens (tertiary/aromatic N) is 3. The van der Waals surface area contributed by atoms with Gasteiger partial charge < -0.3 is 4.90 Å². The lowest BCUT2D eigenvalue weighted by atomic mass is 10.2. The lowest BCUT2D eigenvalue weighted by molar-refractivity contribution is -0.118. The third-order valence-electron chi connectivity index (χ3n) is 3.72. The summed E-state index contributed by atoms with van der Waals surface area (Å²) in [5, 5.41) is 2.00. The molecular formula is C16H15N3OS2. The Kier molecular flexibility index (Phi) is 3.63. The summed E-state index contributed by atoms with van der Waals surface area (Å²) in [6, 6.07) is 8.16. The summed E-state index contributed by atoms with van der Waals surface area (Å²) in [5.41, 5.74) is 1.88. The highest BCUT2D eigenvalue weighted by molar-refractivity contribution is 7.99. The molecule has 22 heavy (non-hydrogen) atoms. The number of carbonyl (C=O) groups excluding carboxylic acids is 1. The lowest BCUT2D eigenvalue weighted by Gasteiger charge is -2.22. The smallest absolute Gasteiger partial charge is 0.233 e. The summed E-state index contributed by atoms with van der Waals surface area (Å²) in [6.07, 6.45) is 5.29. The normalized spacial score (nSPS) is 14.8. The maximum Gasteiger partial charge on any atom is 0.233 e. The van der Waals surface area contributed by atoms with Gasteiger partial charge in [0.1, 0.15) is 0 Å². The van der Waals surface area contributed by atoms with Gasteiger partial charge in [0.25, 0.3) is 0 Å². The summed E-state index contributed by atoms with van der Waals surface area (Å²) >= 11 is 3.42. The highest BCUT2D eigenvalue weighted by Crippen LogP contribution is 2.33. The van der Waals surface area contributed by atoms with E-state index in [1.165, 1.54) is 4.90 Å². The van der Waals surface area contributed by atoms with E-state index in [1.54, 1.807) is 11.3 Å². The van der Waals surface area contributed by atoms with E-state index in [4.69, 9.17) is 0 Å². The van der Waals surface area contributed by atoms with E-state index in [0.717, 1.165) is 35.1 Å². The maximum atomic E-state index is 12.8. The number of aromatic nitrogens is 2. The van der Waals surface area contributed by atoms with Crippen LogP contribution in [0.4, 0.5) is 5.69 Å². The third-order valence-corrected chi connectivity index (χ3v) is 5.64. The number of imidazole rings is 1. The van der Waals surface area contributed by atoms with Gasteiger partial charge in [0, 0.05) is 29.2 Å². The van der Waals surface area contributed by atoms with Crippen LogP contribution in [0.5, 0.6) is 0 Å². The Morgan fingerprint density at radius 1 is 1.32 bits per heavy atom. The van der Waals surface area contributed by atoms with Crippen LogP contribution in [0.3, 0.4) is 0 Å². The minimum absolute atomic E-state index is 0.126. The average Bonchev–Trinajstić information content (AvgIpc) is 3.02. The van der Waals surface area contributed by atoms with Crippen molar-refractivity contribution in [2.45, 2.75) is 17.7 Å². The molecule has 1 aromatic carbocycles. The van der Waals surface area contributed by atoms with Crippen LogP contribution < -0.4 is 4.90 Å². The van der Waals surface area contributed by atoms with Crippen molar-refractivity contribution in [2.24, 2.45) is 0 Å². The SMILES string of the molecule is O=C(Cc1cn2ccsc2n1)N1CCCSc2ccccc21. The second kappa shape index (κ2) is 5.78. The van der Waals surface area contributed by atoms with Crippen LogP contribution in [-0.4, -0.2) is 27.6 Å². The van der Waals surface area contributed by atoms with Gasteiger partial charge in [-0.05, 0) is 24.3 Å². The van der Waals surface area contributed by atoms with Gasteiger partial charge in [-0.1, -0.05) is 12.1 Å². The Balaban J connectivity index is 1.60. The van der Waals surface area contributed by atoms with E-state index in [2.05, 4.69) is 11.1 Å². The van der Waals surface area contributed by atoms with Gasteiger partial charge in [0.05, 0.1) is 17.8 Å². The molecule has 3 aromatic rings. The van der Waals surface area contributed by atoms with Crippen molar-refractivity contribution in [3.63, 3.8) is 0 Å². The molecule has 0 N–H and O–H groups in total. The topological polar surface area (TPSA) is 37.6 Å². The van der Waals surface area contributed by atoms with E-state index in [1.807, 2.05) is 57.0 Å². The Labute approximate surface area is 136 Å². The Bertz CT molecular complexity index is 795. The number of anilines is 1. The van der Waals surface area contributed by atoms with Gasteiger partial charge in [-0.25, -0.2) is 4.98 Å². The molecule has 6 heteroatoms. The highest BCUT2D eigenvalue weighted by atomic mass is 32.2. The zero-order chi connectivity index (χ0) is 14.9. The summed E-state index contributed by atoms with van der Waals surface area (Å²) in [7, 11) is 0. The molecule has 0 saturated carbocycles. The quantitative estimate of drug-likeness (QED) is 0.722. The second-order valence-electron chi connectivity index (χ2n) is 5.22. The number of rotatable bonds is 2. The van der Waals surface area contributed by atoms with Crippen LogP contribution in [0.25, 0.3) is 4.96 Å². The first-order valence-electron chi connectivity index (χ1n) is 7.24. The van der Waals surface area contributed by atoms with Crippen molar-refractivity contribution in [3.05, 3.63) is 47.7 Å². The van der Waals surface area contributed by atoms with Crippen molar-refractivity contribution in [2.75, 3.05) is 17.2 Å². The largest absolute Gasteiger partial charge is 0.311 e. The van der Waals surface area contributed by atoms with E-state index in [0.29, 0.717) is 6.42 Å². The second-order valence-corrected chi connectivity index (χ2v) is 7.23. The first-order valence-corrected chi connectivity index (χ1v) is 9.11. The van der Waals surface area contributed by atoms with E-state index in [9.17, 15) is 4.79 Å². The minimum atomic E-state index is 0.126. The van der Waals surface area contributed by atoms with E-state index >= 15 is 0 Å². The zero-order valence-corrected chi connectivity index (χ0v) is 13.6. The number of thioether (sulfide) groups is 1. The number of carbonyl (C=O) groups is 1. The Morgan fingerprint density at radius 2 is 2.23 bits per heavy atom. The number of hydrogen-bond acceptors (Lipinski definition) is 4. The lowest BCUT2D eigenvalue weighted by Crippen LogP contribution is -2.33. The Hall–Kier alpha value is -1.79. The fourth-order valence-corrected chi connectivity index (χ4v) is 4.41. The molecule has 2 aromatic heterocycles.